The first kappa shape index (κ1) is 25.5. The van der Waals surface area contributed by atoms with Gasteiger partial charge in [0.15, 0.2) is 6.61 Å². The minimum absolute atomic E-state index is 0.106. The van der Waals surface area contributed by atoms with Gasteiger partial charge in [0.05, 0.1) is 16.3 Å². The standard InChI is InChI=1S/C20H17ClF4N2O4S/c1-11(32-10-18(29)26-13-4-2-12(22)3-5-13)19(30)31-9-17(28)27-14-6-7-16(21)15(8-14)20(23,24)25/h2-8,11H,9-10H2,1H3,(H,26,29)(H,27,28)/t11-/m1/s1. The monoisotopic (exact) mass is 492 g/mol. The molecule has 1 atom stereocenters. The van der Waals surface area contributed by atoms with Gasteiger partial charge in [-0.15, -0.1) is 11.8 Å². The summed E-state index contributed by atoms with van der Waals surface area (Å²) >= 11 is 6.46. The largest absolute Gasteiger partial charge is 0.455 e. The van der Waals surface area contributed by atoms with Gasteiger partial charge in [0.2, 0.25) is 5.91 Å². The van der Waals surface area contributed by atoms with Gasteiger partial charge < -0.3 is 15.4 Å². The van der Waals surface area contributed by atoms with Crippen LogP contribution in [0.25, 0.3) is 0 Å². The molecule has 0 saturated heterocycles. The van der Waals surface area contributed by atoms with E-state index in [0.717, 1.165) is 17.8 Å². The topological polar surface area (TPSA) is 84.5 Å². The first-order valence-electron chi connectivity index (χ1n) is 8.96. The second kappa shape index (κ2) is 11.2. The number of esters is 1. The van der Waals surface area contributed by atoms with Crippen LogP contribution in [-0.4, -0.2) is 35.4 Å². The van der Waals surface area contributed by atoms with Gasteiger partial charge in [-0.2, -0.15) is 13.2 Å². The van der Waals surface area contributed by atoms with Crippen LogP contribution in [0, 0.1) is 5.82 Å². The Morgan fingerprint density at radius 3 is 2.25 bits per heavy atom. The van der Waals surface area contributed by atoms with Gasteiger partial charge in [-0.1, -0.05) is 11.6 Å². The Kier molecular flexibility index (Phi) is 8.90. The molecule has 6 nitrogen and oxygen atoms in total. The Morgan fingerprint density at radius 2 is 1.62 bits per heavy atom. The summed E-state index contributed by atoms with van der Waals surface area (Å²) in [6, 6.07) is 7.96. The number of ether oxygens (including phenoxy) is 1. The molecule has 2 amide bonds. The fourth-order valence-corrected chi connectivity index (χ4v) is 3.17. The molecule has 0 saturated carbocycles. The maximum absolute atomic E-state index is 12.9. The van der Waals surface area contributed by atoms with Crippen molar-refractivity contribution in [1.82, 2.24) is 0 Å². The lowest BCUT2D eigenvalue weighted by atomic mass is 10.2. The van der Waals surface area contributed by atoms with E-state index in [1.807, 2.05) is 0 Å². The summed E-state index contributed by atoms with van der Waals surface area (Å²) in [5.74, 6) is -2.62. The molecule has 2 aromatic rings. The molecule has 172 valence electrons. The van der Waals surface area contributed by atoms with Crippen LogP contribution in [-0.2, 0) is 25.3 Å². The van der Waals surface area contributed by atoms with Crippen molar-refractivity contribution in [3.8, 4) is 0 Å². The second-order valence-corrected chi connectivity index (χ2v) is 8.09. The lowest BCUT2D eigenvalue weighted by Crippen LogP contribution is -2.26. The van der Waals surface area contributed by atoms with Crippen molar-refractivity contribution in [2.24, 2.45) is 0 Å². The maximum atomic E-state index is 12.9. The molecular weight excluding hydrogens is 476 g/mol. The summed E-state index contributed by atoms with van der Waals surface area (Å²) in [6.07, 6.45) is -4.69. The Labute approximate surface area is 189 Å². The van der Waals surface area contributed by atoms with Crippen LogP contribution in [0.2, 0.25) is 5.02 Å². The van der Waals surface area contributed by atoms with Crippen molar-refractivity contribution in [3.63, 3.8) is 0 Å². The molecule has 2 aromatic carbocycles. The Hall–Kier alpha value is -2.79. The molecule has 2 N–H and O–H groups in total. The van der Waals surface area contributed by atoms with E-state index < -0.39 is 52.2 Å². The number of carbonyl (C=O) groups excluding carboxylic acids is 3. The quantitative estimate of drug-likeness (QED) is 0.411. The van der Waals surface area contributed by atoms with E-state index in [2.05, 4.69) is 10.6 Å². The van der Waals surface area contributed by atoms with E-state index in [1.165, 1.54) is 37.3 Å². The van der Waals surface area contributed by atoms with E-state index in [1.54, 1.807) is 0 Å². The van der Waals surface area contributed by atoms with Crippen LogP contribution >= 0.6 is 23.4 Å². The number of nitrogens with one attached hydrogen (secondary N) is 2. The van der Waals surface area contributed by atoms with E-state index in [0.29, 0.717) is 11.8 Å². The number of rotatable bonds is 8. The molecule has 0 radical (unpaired) electrons. The maximum Gasteiger partial charge on any atom is 0.417 e. The molecule has 0 bridgehead atoms. The molecule has 0 aromatic heterocycles. The summed E-state index contributed by atoms with van der Waals surface area (Å²) in [5.41, 5.74) is -0.889. The third kappa shape index (κ3) is 8.04. The first-order valence-corrected chi connectivity index (χ1v) is 10.4. The summed E-state index contributed by atoms with van der Waals surface area (Å²) in [6.45, 7) is 0.736. The van der Waals surface area contributed by atoms with E-state index >= 15 is 0 Å². The van der Waals surface area contributed by atoms with Gasteiger partial charge in [0.1, 0.15) is 11.1 Å². The van der Waals surface area contributed by atoms with Gasteiger partial charge in [0.25, 0.3) is 5.91 Å². The van der Waals surface area contributed by atoms with Crippen LogP contribution in [0.15, 0.2) is 42.5 Å². The zero-order chi connectivity index (χ0) is 23.9. The van der Waals surface area contributed by atoms with Crippen molar-refractivity contribution >= 4 is 52.5 Å². The SMILES string of the molecule is C[C@@H](SCC(=O)Nc1ccc(F)cc1)C(=O)OCC(=O)Nc1ccc(Cl)c(C(F)(F)F)c1. The van der Waals surface area contributed by atoms with Crippen LogP contribution in [0.5, 0.6) is 0 Å². The van der Waals surface area contributed by atoms with Crippen molar-refractivity contribution < 1.29 is 36.7 Å². The van der Waals surface area contributed by atoms with Crippen molar-refractivity contribution in [2.75, 3.05) is 23.0 Å². The fourth-order valence-electron chi connectivity index (χ4n) is 2.27. The van der Waals surface area contributed by atoms with Gasteiger partial charge >= 0.3 is 12.1 Å². The normalized spacial score (nSPS) is 12.1. The minimum Gasteiger partial charge on any atom is -0.455 e. The van der Waals surface area contributed by atoms with Gasteiger partial charge in [-0.3, -0.25) is 14.4 Å². The highest BCUT2D eigenvalue weighted by Crippen LogP contribution is 2.36. The number of halogens is 5. The smallest absolute Gasteiger partial charge is 0.417 e. The van der Waals surface area contributed by atoms with Crippen molar-refractivity contribution in [1.29, 1.82) is 0 Å². The molecular formula is C20H17ClF4N2O4S. The van der Waals surface area contributed by atoms with Crippen LogP contribution < -0.4 is 10.6 Å². The predicted octanol–water partition coefficient (Wildman–Crippen LogP) is 4.74. The number of alkyl halides is 3. The molecule has 0 heterocycles. The van der Waals surface area contributed by atoms with Gasteiger partial charge in [-0.05, 0) is 49.4 Å². The number of hydrogen-bond acceptors (Lipinski definition) is 5. The van der Waals surface area contributed by atoms with Crippen molar-refractivity contribution in [2.45, 2.75) is 18.3 Å². The van der Waals surface area contributed by atoms with Crippen molar-refractivity contribution in [3.05, 3.63) is 58.9 Å². The molecule has 0 spiro atoms. The van der Waals surface area contributed by atoms with Crippen LogP contribution in [0.4, 0.5) is 28.9 Å². The first-order chi connectivity index (χ1) is 15.0. The summed E-state index contributed by atoms with van der Waals surface area (Å²) in [5, 5.41) is 3.40. The fraction of sp³-hybridized carbons (Fsp3) is 0.250. The minimum atomic E-state index is -4.69. The van der Waals surface area contributed by atoms with Gasteiger partial charge in [0, 0.05) is 11.4 Å². The van der Waals surface area contributed by atoms with Crippen LogP contribution in [0.1, 0.15) is 12.5 Å². The van der Waals surface area contributed by atoms with Crippen LogP contribution in [0.3, 0.4) is 0 Å². The number of benzene rings is 2. The molecule has 2 rings (SSSR count). The molecule has 0 aliphatic heterocycles. The summed E-state index contributed by atoms with van der Waals surface area (Å²) in [7, 11) is 0. The molecule has 0 aliphatic carbocycles. The highest BCUT2D eigenvalue weighted by molar-refractivity contribution is 8.01. The Bertz CT molecular complexity index is 987. The third-order valence-electron chi connectivity index (χ3n) is 3.83. The zero-order valence-electron chi connectivity index (χ0n) is 16.5. The second-order valence-electron chi connectivity index (χ2n) is 6.36. The van der Waals surface area contributed by atoms with E-state index in [-0.39, 0.29) is 11.4 Å². The third-order valence-corrected chi connectivity index (χ3v) is 5.28. The average molecular weight is 493 g/mol. The lowest BCUT2D eigenvalue weighted by Gasteiger charge is -2.13. The number of thioether (sulfide) groups is 1. The number of carbonyl (C=O) groups is 3. The van der Waals surface area contributed by atoms with Gasteiger partial charge in [-0.25, -0.2) is 4.39 Å². The summed E-state index contributed by atoms with van der Waals surface area (Å²) < 4.78 is 56.3. The average Bonchev–Trinajstić information content (AvgIpc) is 2.72. The van der Waals surface area contributed by atoms with E-state index in [9.17, 15) is 31.9 Å². The zero-order valence-corrected chi connectivity index (χ0v) is 18.0. The molecule has 0 fully saturated rings. The number of hydrogen-bond donors (Lipinski definition) is 2. The highest BCUT2D eigenvalue weighted by atomic mass is 35.5. The molecule has 0 unspecified atom stereocenters. The molecule has 12 heteroatoms. The predicted molar refractivity (Wildman–Crippen MR) is 113 cm³/mol. The highest BCUT2D eigenvalue weighted by Gasteiger charge is 2.33. The number of amides is 2. The Morgan fingerprint density at radius 1 is 1.03 bits per heavy atom. The molecule has 32 heavy (non-hydrogen) atoms. The summed E-state index contributed by atoms with van der Waals surface area (Å²) in [4.78, 5) is 35.7. The Balaban J connectivity index is 1.77. The molecule has 0 aliphatic rings. The number of anilines is 2. The lowest BCUT2D eigenvalue weighted by molar-refractivity contribution is -0.146. The van der Waals surface area contributed by atoms with E-state index in [4.69, 9.17) is 16.3 Å².